The minimum Gasteiger partial charge on any atom is -0.398 e. The molecule has 0 spiro atoms. The molecule has 2 rings (SSSR count). The van der Waals surface area contributed by atoms with Gasteiger partial charge in [-0.1, -0.05) is 42.0 Å². The normalized spacial score (nSPS) is 9.40. The van der Waals surface area contributed by atoms with Gasteiger partial charge in [-0.3, -0.25) is 0 Å². The molecule has 2 N–H and O–H groups in total. The molecular formula is C13H13NNa. The van der Waals surface area contributed by atoms with Gasteiger partial charge in [0.1, 0.15) is 0 Å². The molecule has 0 aliphatic rings. The molecule has 15 heavy (non-hydrogen) atoms. The van der Waals surface area contributed by atoms with Crippen LogP contribution in [0.2, 0.25) is 0 Å². The first-order valence-electron chi connectivity index (χ1n) is 4.69. The van der Waals surface area contributed by atoms with Gasteiger partial charge in [0.05, 0.1) is 0 Å². The third-order valence-corrected chi connectivity index (χ3v) is 2.29. The quantitative estimate of drug-likeness (QED) is 0.563. The average Bonchev–Trinajstić information content (AvgIpc) is 2.23. The molecule has 0 unspecified atom stereocenters. The van der Waals surface area contributed by atoms with Gasteiger partial charge >= 0.3 is 0 Å². The third-order valence-electron chi connectivity index (χ3n) is 2.29. The van der Waals surface area contributed by atoms with Gasteiger partial charge < -0.3 is 5.73 Å². The average molecular weight is 206 g/mol. The number of anilines is 1. The zero-order valence-electron chi connectivity index (χ0n) is 9.20. The van der Waals surface area contributed by atoms with Gasteiger partial charge in [-0.15, -0.1) is 0 Å². The van der Waals surface area contributed by atoms with E-state index in [9.17, 15) is 0 Å². The summed E-state index contributed by atoms with van der Waals surface area (Å²) in [7, 11) is 0. The maximum Gasteiger partial charge on any atom is 0.0393 e. The smallest absolute Gasteiger partial charge is 0.0393 e. The van der Waals surface area contributed by atoms with E-state index in [0.29, 0.717) is 0 Å². The van der Waals surface area contributed by atoms with Crippen LogP contribution in [0.3, 0.4) is 0 Å². The van der Waals surface area contributed by atoms with Crippen molar-refractivity contribution in [3.63, 3.8) is 0 Å². The summed E-state index contributed by atoms with van der Waals surface area (Å²) in [4.78, 5) is 0. The number of hydrogen-bond acceptors (Lipinski definition) is 1. The van der Waals surface area contributed by atoms with Crippen LogP contribution in [-0.4, -0.2) is 29.6 Å². The minimum atomic E-state index is 0. The first-order valence-corrected chi connectivity index (χ1v) is 4.69. The van der Waals surface area contributed by atoms with Crippen LogP contribution in [-0.2, 0) is 0 Å². The van der Waals surface area contributed by atoms with Crippen LogP contribution in [0.5, 0.6) is 0 Å². The fourth-order valence-corrected chi connectivity index (χ4v) is 1.54. The van der Waals surface area contributed by atoms with Crippen molar-refractivity contribution in [2.24, 2.45) is 0 Å². The summed E-state index contributed by atoms with van der Waals surface area (Å²) in [6.45, 7) is 2.08. The van der Waals surface area contributed by atoms with Gasteiger partial charge in [-0.2, -0.15) is 0 Å². The third kappa shape index (κ3) is 2.85. The largest absolute Gasteiger partial charge is 0.398 e. The second-order valence-electron chi connectivity index (χ2n) is 3.46. The van der Waals surface area contributed by atoms with Crippen molar-refractivity contribution in [2.45, 2.75) is 6.92 Å². The van der Waals surface area contributed by atoms with Gasteiger partial charge in [0.15, 0.2) is 0 Å². The van der Waals surface area contributed by atoms with E-state index in [-0.39, 0.29) is 29.6 Å². The van der Waals surface area contributed by atoms with E-state index in [4.69, 9.17) is 5.73 Å². The van der Waals surface area contributed by atoms with Crippen molar-refractivity contribution in [3.05, 3.63) is 54.1 Å². The van der Waals surface area contributed by atoms with Crippen LogP contribution >= 0.6 is 0 Å². The Kier molecular flexibility index (Phi) is 4.40. The summed E-state index contributed by atoms with van der Waals surface area (Å²) in [5.41, 5.74) is 10.3. The number of hydrogen-bond donors (Lipinski definition) is 1. The Morgan fingerprint density at radius 1 is 0.933 bits per heavy atom. The van der Waals surface area contributed by atoms with Crippen molar-refractivity contribution >= 4 is 35.2 Å². The number of nitrogen functional groups attached to an aromatic ring is 1. The van der Waals surface area contributed by atoms with E-state index in [1.165, 1.54) is 11.1 Å². The van der Waals surface area contributed by atoms with Crippen LogP contribution in [0.15, 0.2) is 48.5 Å². The zero-order chi connectivity index (χ0) is 9.97. The maximum absolute atomic E-state index is 5.92. The fourth-order valence-electron chi connectivity index (χ4n) is 1.54. The summed E-state index contributed by atoms with van der Waals surface area (Å²) in [5.74, 6) is 0. The summed E-state index contributed by atoms with van der Waals surface area (Å²) in [5, 5.41) is 0. The number of rotatable bonds is 1. The van der Waals surface area contributed by atoms with Crippen molar-refractivity contribution in [1.29, 1.82) is 0 Å². The molecule has 1 radical (unpaired) electrons. The molecule has 0 amide bonds. The molecule has 71 valence electrons. The van der Waals surface area contributed by atoms with E-state index in [2.05, 4.69) is 25.1 Å². The summed E-state index contributed by atoms with van der Waals surface area (Å²) >= 11 is 0. The molecule has 0 aliphatic carbocycles. The van der Waals surface area contributed by atoms with Crippen molar-refractivity contribution in [2.75, 3.05) is 5.73 Å². The fraction of sp³-hybridized carbons (Fsp3) is 0.0769. The van der Waals surface area contributed by atoms with Crippen LogP contribution in [0.1, 0.15) is 5.56 Å². The summed E-state index contributed by atoms with van der Waals surface area (Å²) < 4.78 is 0. The summed E-state index contributed by atoms with van der Waals surface area (Å²) in [6, 6.07) is 16.3. The number of nitrogens with two attached hydrogens (primary N) is 1. The molecule has 0 heterocycles. The monoisotopic (exact) mass is 206 g/mol. The predicted molar refractivity (Wildman–Crippen MR) is 66.8 cm³/mol. The Morgan fingerprint density at radius 2 is 1.60 bits per heavy atom. The first-order chi connectivity index (χ1) is 6.77. The van der Waals surface area contributed by atoms with E-state index in [0.717, 1.165) is 11.3 Å². The van der Waals surface area contributed by atoms with Gasteiger partial charge in [-0.25, -0.2) is 0 Å². The summed E-state index contributed by atoms with van der Waals surface area (Å²) in [6.07, 6.45) is 0. The minimum absolute atomic E-state index is 0. The second kappa shape index (κ2) is 5.36. The molecule has 0 fully saturated rings. The van der Waals surface area contributed by atoms with Crippen molar-refractivity contribution < 1.29 is 0 Å². The molecule has 0 aliphatic heterocycles. The zero-order valence-corrected chi connectivity index (χ0v) is 11.2. The molecule has 0 saturated heterocycles. The number of aryl methyl sites for hydroxylation is 1. The van der Waals surface area contributed by atoms with E-state index < -0.39 is 0 Å². The molecule has 2 heteroatoms. The van der Waals surface area contributed by atoms with E-state index in [1.807, 2.05) is 30.3 Å². The predicted octanol–water partition coefficient (Wildman–Crippen LogP) is 2.86. The molecule has 0 saturated carbocycles. The van der Waals surface area contributed by atoms with E-state index in [1.54, 1.807) is 0 Å². The van der Waals surface area contributed by atoms with Gasteiger partial charge in [0.2, 0.25) is 0 Å². The Labute approximate surface area is 113 Å². The SMILES string of the molecule is Cc1ccc(N)c(-c2ccccc2)c1.[Na]. The Hall–Kier alpha value is -0.760. The first kappa shape index (κ1) is 12.3. The van der Waals surface area contributed by atoms with E-state index >= 15 is 0 Å². The molecular weight excluding hydrogens is 193 g/mol. The maximum atomic E-state index is 5.92. The number of benzene rings is 2. The Morgan fingerprint density at radius 3 is 2.27 bits per heavy atom. The van der Waals surface area contributed by atoms with Crippen LogP contribution < -0.4 is 5.73 Å². The van der Waals surface area contributed by atoms with Crippen LogP contribution in [0.4, 0.5) is 5.69 Å². The van der Waals surface area contributed by atoms with Crippen molar-refractivity contribution in [3.8, 4) is 11.1 Å². The van der Waals surface area contributed by atoms with Gasteiger partial charge in [-0.05, 0) is 24.6 Å². The standard InChI is InChI=1S/C13H13N.Na/c1-10-7-8-13(14)12(9-10)11-5-3-2-4-6-11;/h2-9H,14H2,1H3;. The Bertz CT molecular complexity index is 438. The van der Waals surface area contributed by atoms with Crippen molar-refractivity contribution in [1.82, 2.24) is 0 Å². The van der Waals surface area contributed by atoms with Gasteiger partial charge in [0.25, 0.3) is 0 Å². The van der Waals surface area contributed by atoms with Crippen LogP contribution in [0.25, 0.3) is 11.1 Å². The Balaban J connectivity index is 0.00000112. The second-order valence-corrected chi connectivity index (χ2v) is 3.46. The molecule has 1 nitrogen and oxygen atoms in total. The molecule has 0 bridgehead atoms. The topological polar surface area (TPSA) is 26.0 Å². The molecule has 0 atom stereocenters. The molecule has 2 aromatic rings. The van der Waals surface area contributed by atoms with Crippen LogP contribution in [0, 0.1) is 6.92 Å². The molecule has 2 aromatic carbocycles. The van der Waals surface area contributed by atoms with Gasteiger partial charge in [0, 0.05) is 40.8 Å². The molecule has 0 aromatic heterocycles.